The fraction of sp³-hybridized carbons (Fsp3) is 0.389. The zero-order valence-electron chi connectivity index (χ0n) is 15.1. The van der Waals surface area contributed by atoms with Gasteiger partial charge in [0.15, 0.2) is 5.16 Å². The summed E-state index contributed by atoms with van der Waals surface area (Å²) in [5.74, 6) is 2.10. The van der Waals surface area contributed by atoms with Crippen LogP contribution in [-0.4, -0.2) is 37.8 Å². The molecule has 0 aliphatic heterocycles. The molecule has 8 nitrogen and oxygen atoms in total. The molecule has 3 aromatic rings. The summed E-state index contributed by atoms with van der Waals surface area (Å²) < 4.78 is 6.85. The molecule has 0 unspecified atom stereocenters. The molecule has 0 bridgehead atoms. The van der Waals surface area contributed by atoms with Crippen LogP contribution in [-0.2, 0) is 17.0 Å². The summed E-state index contributed by atoms with van der Waals surface area (Å²) in [6.45, 7) is 2.88. The van der Waals surface area contributed by atoms with E-state index in [1.165, 1.54) is 31.7 Å². The highest BCUT2D eigenvalue weighted by Gasteiger charge is 2.30. The Morgan fingerprint density at radius 1 is 1.37 bits per heavy atom. The van der Waals surface area contributed by atoms with Gasteiger partial charge in [-0.2, -0.15) is 0 Å². The van der Waals surface area contributed by atoms with Crippen molar-refractivity contribution in [3.05, 3.63) is 45.8 Å². The molecule has 0 radical (unpaired) electrons. The van der Waals surface area contributed by atoms with Gasteiger partial charge in [-0.25, -0.2) is 9.78 Å². The number of methoxy groups -OCH3 is 1. The van der Waals surface area contributed by atoms with E-state index in [0.717, 1.165) is 17.5 Å². The highest BCUT2D eigenvalue weighted by atomic mass is 32.2. The quantitative estimate of drug-likeness (QED) is 0.514. The lowest BCUT2D eigenvalue weighted by Gasteiger charge is -2.07. The van der Waals surface area contributed by atoms with Gasteiger partial charge in [-0.15, -0.1) is 10.2 Å². The van der Waals surface area contributed by atoms with Crippen LogP contribution in [0.4, 0.5) is 0 Å². The maximum absolute atomic E-state index is 12.3. The molecule has 1 aromatic carbocycles. The number of H-pyrrole nitrogens is 1. The van der Waals surface area contributed by atoms with Crippen molar-refractivity contribution >= 4 is 28.6 Å². The van der Waals surface area contributed by atoms with Gasteiger partial charge in [0, 0.05) is 12.5 Å². The fourth-order valence-electron chi connectivity index (χ4n) is 2.98. The molecule has 1 N–H and O–H groups in total. The Labute approximate surface area is 159 Å². The maximum atomic E-state index is 12.3. The molecule has 0 saturated heterocycles. The van der Waals surface area contributed by atoms with Gasteiger partial charge in [-0.1, -0.05) is 11.8 Å². The number of nitrogens with zero attached hydrogens (tertiary/aromatic N) is 4. The molecule has 9 heteroatoms. The minimum absolute atomic E-state index is 0.234. The minimum atomic E-state index is -0.460. The molecular formula is C18H19N5O3S. The molecule has 1 aliphatic rings. The normalized spacial score (nSPS) is 13.9. The SMILES string of the molecule is CCn1c(SCc2nc3cc(C(=O)OC)ccc3c(=O)[nH]2)nnc1C1CC1. The number of nitrogens with one attached hydrogen (secondary N) is 1. The molecular weight excluding hydrogens is 366 g/mol. The Hall–Kier alpha value is -2.68. The zero-order valence-corrected chi connectivity index (χ0v) is 15.9. The van der Waals surface area contributed by atoms with Gasteiger partial charge in [0.2, 0.25) is 0 Å². The Kier molecular flexibility index (Phi) is 4.69. The van der Waals surface area contributed by atoms with E-state index in [-0.39, 0.29) is 5.56 Å². The second-order valence-electron chi connectivity index (χ2n) is 6.38. The lowest BCUT2D eigenvalue weighted by Crippen LogP contribution is -2.12. The largest absolute Gasteiger partial charge is 0.465 e. The average Bonchev–Trinajstić information content (AvgIpc) is 3.44. The molecule has 0 spiro atoms. The summed E-state index contributed by atoms with van der Waals surface area (Å²) >= 11 is 1.49. The standard InChI is InChI=1S/C18H19N5O3S/c1-3-23-15(10-4-5-10)21-22-18(23)27-9-14-19-13-8-11(17(25)26-2)6-7-12(13)16(24)20-14/h6-8,10H,3-5,9H2,1-2H3,(H,19,20,24). The Morgan fingerprint density at radius 3 is 2.89 bits per heavy atom. The van der Waals surface area contributed by atoms with E-state index in [9.17, 15) is 9.59 Å². The maximum Gasteiger partial charge on any atom is 0.337 e. The summed E-state index contributed by atoms with van der Waals surface area (Å²) in [5.41, 5.74) is 0.594. The number of fused-ring (bicyclic) bond motifs is 1. The highest BCUT2D eigenvalue weighted by molar-refractivity contribution is 7.98. The fourth-order valence-corrected chi connectivity index (χ4v) is 3.86. The van der Waals surface area contributed by atoms with E-state index in [0.29, 0.717) is 34.0 Å². The summed E-state index contributed by atoms with van der Waals surface area (Å²) in [4.78, 5) is 31.3. The van der Waals surface area contributed by atoms with Crippen LogP contribution in [0.2, 0.25) is 0 Å². The van der Waals surface area contributed by atoms with Gasteiger partial charge >= 0.3 is 5.97 Å². The monoisotopic (exact) mass is 385 g/mol. The number of aromatic nitrogens is 5. The molecule has 27 heavy (non-hydrogen) atoms. The molecule has 2 heterocycles. The third kappa shape index (κ3) is 3.46. The van der Waals surface area contributed by atoms with Crippen LogP contribution in [0.15, 0.2) is 28.2 Å². The Bertz CT molecular complexity index is 1070. The molecule has 140 valence electrons. The number of carbonyl (C=O) groups is 1. The van der Waals surface area contributed by atoms with Crippen molar-refractivity contribution in [1.29, 1.82) is 0 Å². The van der Waals surface area contributed by atoms with Crippen LogP contribution in [0.25, 0.3) is 10.9 Å². The first kappa shape index (κ1) is 17.7. The molecule has 0 atom stereocenters. The zero-order chi connectivity index (χ0) is 19.0. The topological polar surface area (TPSA) is 103 Å². The third-order valence-electron chi connectivity index (χ3n) is 4.52. The second kappa shape index (κ2) is 7.15. The molecule has 1 saturated carbocycles. The minimum Gasteiger partial charge on any atom is -0.465 e. The molecule has 2 aromatic heterocycles. The number of ether oxygens (including phenoxy) is 1. The summed E-state index contributed by atoms with van der Waals surface area (Å²) in [6.07, 6.45) is 2.34. The molecule has 1 fully saturated rings. The Balaban J connectivity index is 1.60. The van der Waals surface area contributed by atoms with Gasteiger partial charge in [0.1, 0.15) is 11.6 Å². The number of aromatic amines is 1. The van der Waals surface area contributed by atoms with Crippen LogP contribution in [0.1, 0.15) is 47.7 Å². The lowest BCUT2D eigenvalue weighted by atomic mass is 10.1. The first-order chi connectivity index (χ1) is 13.1. The lowest BCUT2D eigenvalue weighted by molar-refractivity contribution is 0.0601. The smallest absolute Gasteiger partial charge is 0.337 e. The first-order valence-electron chi connectivity index (χ1n) is 8.78. The molecule has 4 rings (SSSR count). The van der Waals surface area contributed by atoms with Crippen molar-refractivity contribution < 1.29 is 9.53 Å². The predicted molar refractivity (Wildman–Crippen MR) is 101 cm³/mol. The number of hydrogen-bond acceptors (Lipinski definition) is 7. The van der Waals surface area contributed by atoms with E-state index >= 15 is 0 Å². The van der Waals surface area contributed by atoms with E-state index in [1.807, 2.05) is 0 Å². The van der Waals surface area contributed by atoms with Crippen LogP contribution >= 0.6 is 11.8 Å². The van der Waals surface area contributed by atoms with Crippen molar-refractivity contribution in [2.45, 2.75) is 43.1 Å². The first-order valence-corrected chi connectivity index (χ1v) is 9.76. The van der Waals surface area contributed by atoms with Crippen molar-refractivity contribution in [3.8, 4) is 0 Å². The van der Waals surface area contributed by atoms with Gasteiger partial charge in [0.25, 0.3) is 5.56 Å². The van der Waals surface area contributed by atoms with Crippen molar-refractivity contribution in [1.82, 2.24) is 24.7 Å². The van der Waals surface area contributed by atoms with E-state index in [1.54, 1.807) is 18.2 Å². The van der Waals surface area contributed by atoms with Crippen molar-refractivity contribution in [3.63, 3.8) is 0 Å². The van der Waals surface area contributed by atoms with Gasteiger partial charge in [0.05, 0.1) is 29.3 Å². The van der Waals surface area contributed by atoms with Crippen LogP contribution < -0.4 is 5.56 Å². The van der Waals surface area contributed by atoms with Crippen LogP contribution in [0.5, 0.6) is 0 Å². The van der Waals surface area contributed by atoms with Crippen molar-refractivity contribution in [2.24, 2.45) is 0 Å². The van der Waals surface area contributed by atoms with Gasteiger partial charge in [-0.05, 0) is 38.0 Å². The van der Waals surface area contributed by atoms with E-state index in [4.69, 9.17) is 4.74 Å². The number of carbonyl (C=O) groups excluding carboxylic acids is 1. The van der Waals surface area contributed by atoms with Gasteiger partial charge < -0.3 is 14.3 Å². The van der Waals surface area contributed by atoms with Gasteiger partial charge in [-0.3, -0.25) is 4.79 Å². The van der Waals surface area contributed by atoms with Crippen LogP contribution in [0, 0.1) is 0 Å². The summed E-state index contributed by atoms with van der Waals surface area (Å²) in [7, 11) is 1.32. The number of thioether (sulfide) groups is 1. The van der Waals surface area contributed by atoms with E-state index in [2.05, 4.69) is 31.7 Å². The molecule has 1 aliphatic carbocycles. The molecule has 0 amide bonds. The second-order valence-corrected chi connectivity index (χ2v) is 7.33. The predicted octanol–water partition coefficient (Wildman–Crippen LogP) is 2.49. The summed E-state index contributed by atoms with van der Waals surface area (Å²) in [5, 5.41) is 9.87. The number of esters is 1. The van der Waals surface area contributed by atoms with E-state index < -0.39 is 5.97 Å². The van der Waals surface area contributed by atoms with Crippen LogP contribution in [0.3, 0.4) is 0 Å². The highest BCUT2D eigenvalue weighted by Crippen LogP contribution is 2.40. The number of hydrogen-bond donors (Lipinski definition) is 1. The Morgan fingerprint density at radius 2 is 2.19 bits per heavy atom. The number of rotatable bonds is 6. The average molecular weight is 385 g/mol. The third-order valence-corrected chi connectivity index (χ3v) is 5.50. The summed E-state index contributed by atoms with van der Waals surface area (Å²) in [6, 6.07) is 4.72. The number of benzene rings is 1. The van der Waals surface area contributed by atoms with Crippen molar-refractivity contribution in [2.75, 3.05) is 7.11 Å².